The molecule has 0 aliphatic carbocycles. The Morgan fingerprint density at radius 1 is 1.22 bits per heavy atom. The number of hydrogen-bond donors (Lipinski definition) is 1. The van der Waals surface area contributed by atoms with Gasteiger partial charge in [0.1, 0.15) is 0 Å². The molecule has 0 bridgehead atoms. The number of nitrogens with zero attached hydrogens (tertiary/aromatic N) is 3. The van der Waals surface area contributed by atoms with Crippen LogP contribution >= 0.6 is 0 Å². The van der Waals surface area contributed by atoms with Crippen molar-refractivity contribution in [2.45, 2.75) is 6.42 Å². The first kappa shape index (κ1) is 14.4. The summed E-state index contributed by atoms with van der Waals surface area (Å²) in [6, 6.07) is 8.97. The number of carbonyl (C=O) groups excluding carboxylic acids is 1. The van der Waals surface area contributed by atoms with Crippen LogP contribution in [0.4, 0.5) is 11.7 Å². The van der Waals surface area contributed by atoms with E-state index < -0.39 is 4.92 Å². The standard InChI is InChI=1S/C14H10N4O5/c19-12(8-9-3-5-10(6-4-9)18(20)21)15-14-17-16-13(23-14)11-2-1-7-22-11/h1-7H,8H2,(H,15,17,19). The zero-order chi connectivity index (χ0) is 16.2. The minimum absolute atomic E-state index is 0.0243. The van der Waals surface area contributed by atoms with Crippen LogP contribution in [0.1, 0.15) is 5.56 Å². The van der Waals surface area contributed by atoms with Gasteiger partial charge >= 0.3 is 6.01 Å². The first-order valence-corrected chi connectivity index (χ1v) is 6.52. The average molecular weight is 314 g/mol. The molecule has 1 amide bonds. The third kappa shape index (κ3) is 3.40. The number of aromatic nitrogens is 2. The molecule has 0 saturated carbocycles. The van der Waals surface area contributed by atoms with Crippen molar-refractivity contribution in [3.05, 3.63) is 58.3 Å². The molecule has 23 heavy (non-hydrogen) atoms. The Morgan fingerprint density at radius 3 is 2.65 bits per heavy atom. The molecule has 0 radical (unpaired) electrons. The van der Waals surface area contributed by atoms with Gasteiger partial charge in [-0.15, -0.1) is 5.10 Å². The zero-order valence-corrected chi connectivity index (χ0v) is 11.6. The normalized spacial score (nSPS) is 10.4. The Morgan fingerprint density at radius 2 is 2.00 bits per heavy atom. The van der Waals surface area contributed by atoms with E-state index in [1.54, 1.807) is 12.1 Å². The highest BCUT2D eigenvalue weighted by molar-refractivity contribution is 5.90. The summed E-state index contributed by atoms with van der Waals surface area (Å²) >= 11 is 0. The molecule has 116 valence electrons. The molecule has 2 heterocycles. The molecule has 0 fully saturated rings. The largest absolute Gasteiger partial charge is 0.459 e. The second kappa shape index (κ2) is 6.10. The summed E-state index contributed by atoms with van der Waals surface area (Å²) in [7, 11) is 0. The van der Waals surface area contributed by atoms with Crippen LogP contribution in [0.25, 0.3) is 11.7 Å². The van der Waals surface area contributed by atoms with Crippen molar-refractivity contribution in [3.8, 4) is 11.7 Å². The maximum absolute atomic E-state index is 11.9. The van der Waals surface area contributed by atoms with Crippen molar-refractivity contribution in [1.29, 1.82) is 0 Å². The molecular formula is C14H10N4O5. The number of amides is 1. The predicted molar refractivity (Wildman–Crippen MR) is 77.4 cm³/mol. The number of nitro groups is 1. The topological polar surface area (TPSA) is 124 Å². The van der Waals surface area contributed by atoms with Gasteiger partial charge in [-0.25, -0.2) is 0 Å². The third-order valence-electron chi connectivity index (χ3n) is 2.92. The lowest BCUT2D eigenvalue weighted by atomic mass is 10.1. The van der Waals surface area contributed by atoms with Gasteiger partial charge in [0, 0.05) is 12.1 Å². The molecule has 9 heteroatoms. The zero-order valence-electron chi connectivity index (χ0n) is 11.6. The van der Waals surface area contributed by atoms with Crippen molar-refractivity contribution in [2.24, 2.45) is 0 Å². The lowest BCUT2D eigenvalue weighted by Crippen LogP contribution is -2.14. The number of nitro benzene ring substituents is 1. The van der Waals surface area contributed by atoms with Gasteiger partial charge < -0.3 is 8.83 Å². The third-order valence-corrected chi connectivity index (χ3v) is 2.92. The van der Waals surface area contributed by atoms with Crippen molar-refractivity contribution >= 4 is 17.6 Å². The fourth-order valence-corrected chi connectivity index (χ4v) is 1.86. The SMILES string of the molecule is O=C(Cc1ccc([N+](=O)[O-])cc1)Nc1nnc(-c2ccco2)o1. The number of non-ortho nitro benzene ring substituents is 1. The van der Waals surface area contributed by atoms with Gasteiger partial charge in [0.05, 0.1) is 17.6 Å². The Labute approximate surface area is 129 Å². The van der Waals surface area contributed by atoms with E-state index in [1.165, 1.54) is 30.5 Å². The molecule has 0 aliphatic heterocycles. The number of rotatable bonds is 5. The van der Waals surface area contributed by atoms with Crippen LogP contribution in [0.15, 0.2) is 51.5 Å². The van der Waals surface area contributed by atoms with E-state index >= 15 is 0 Å². The Hall–Kier alpha value is -3.49. The van der Waals surface area contributed by atoms with Crippen molar-refractivity contribution in [2.75, 3.05) is 5.32 Å². The molecule has 3 aromatic rings. The van der Waals surface area contributed by atoms with Crippen molar-refractivity contribution in [1.82, 2.24) is 10.2 Å². The lowest BCUT2D eigenvalue weighted by molar-refractivity contribution is -0.384. The van der Waals surface area contributed by atoms with Crippen LogP contribution in [0.5, 0.6) is 0 Å². The van der Waals surface area contributed by atoms with Gasteiger partial charge in [-0.1, -0.05) is 17.2 Å². The Kier molecular flexibility index (Phi) is 3.83. The number of furan rings is 1. The van der Waals surface area contributed by atoms with Gasteiger partial charge in [0.2, 0.25) is 5.91 Å². The first-order valence-electron chi connectivity index (χ1n) is 6.52. The maximum atomic E-state index is 11.9. The molecule has 0 unspecified atom stereocenters. The van der Waals surface area contributed by atoms with Crippen LogP contribution in [-0.4, -0.2) is 21.0 Å². The molecule has 1 N–H and O–H groups in total. The van der Waals surface area contributed by atoms with Crippen LogP contribution in [0.3, 0.4) is 0 Å². The number of anilines is 1. The first-order chi connectivity index (χ1) is 11.1. The van der Waals surface area contributed by atoms with E-state index in [2.05, 4.69) is 15.5 Å². The van der Waals surface area contributed by atoms with Gasteiger partial charge in [-0.3, -0.25) is 20.2 Å². The summed E-state index contributed by atoms with van der Waals surface area (Å²) < 4.78 is 10.3. The number of hydrogen-bond acceptors (Lipinski definition) is 7. The summed E-state index contributed by atoms with van der Waals surface area (Å²) in [6.45, 7) is 0. The molecular weight excluding hydrogens is 304 g/mol. The monoisotopic (exact) mass is 314 g/mol. The van der Waals surface area contributed by atoms with E-state index in [9.17, 15) is 14.9 Å². The van der Waals surface area contributed by atoms with E-state index in [-0.39, 0.29) is 29.9 Å². The van der Waals surface area contributed by atoms with E-state index in [0.29, 0.717) is 11.3 Å². The quantitative estimate of drug-likeness (QED) is 0.566. The van der Waals surface area contributed by atoms with Crippen molar-refractivity contribution < 1.29 is 18.6 Å². The number of benzene rings is 1. The summed E-state index contributed by atoms with van der Waals surface area (Å²) in [5.41, 5.74) is 0.591. The predicted octanol–water partition coefficient (Wildman–Crippen LogP) is 2.42. The highest BCUT2D eigenvalue weighted by atomic mass is 16.6. The highest BCUT2D eigenvalue weighted by Crippen LogP contribution is 2.20. The minimum atomic E-state index is -0.502. The van der Waals surface area contributed by atoms with Crippen LogP contribution in [0.2, 0.25) is 0 Å². The second-order valence-corrected chi connectivity index (χ2v) is 4.54. The molecule has 0 saturated heterocycles. The minimum Gasteiger partial charge on any atom is -0.459 e. The molecule has 1 aromatic carbocycles. The van der Waals surface area contributed by atoms with Gasteiger partial charge in [0.15, 0.2) is 5.76 Å². The van der Waals surface area contributed by atoms with E-state index in [1.807, 2.05) is 0 Å². The number of nitrogens with one attached hydrogen (secondary N) is 1. The second-order valence-electron chi connectivity index (χ2n) is 4.54. The molecule has 3 rings (SSSR count). The highest BCUT2D eigenvalue weighted by Gasteiger charge is 2.13. The lowest BCUT2D eigenvalue weighted by Gasteiger charge is -2.00. The van der Waals surface area contributed by atoms with Crippen LogP contribution in [0, 0.1) is 10.1 Å². The van der Waals surface area contributed by atoms with Gasteiger partial charge in [-0.05, 0) is 17.7 Å². The fraction of sp³-hybridized carbons (Fsp3) is 0.0714. The molecule has 0 spiro atoms. The Bertz CT molecular complexity index is 823. The molecule has 2 aromatic heterocycles. The van der Waals surface area contributed by atoms with Crippen LogP contribution < -0.4 is 5.32 Å². The average Bonchev–Trinajstić information content (AvgIpc) is 3.18. The smallest absolute Gasteiger partial charge is 0.322 e. The maximum Gasteiger partial charge on any atom is 0.322 e. The summed E-state index contributed by atoms with van der Waals surface area (Å²) in [4.78, 5) is 22.0. The summed E-state index contributed by atoms with van der Waals surface area (Å²) in [5, 5.41) is 20.5. The molecule has 0 aliphatic rings. The fourth-order valence-electron chi connectivity index (χ4n) is 1.86. The van der Waals surface area contributed by atoms with E-state index in [0.717, 1.165) is 0 Å². The van der Waals surface area contributed by atoms with Crippen molar-refractivity contribution in [3.63, 3.8) is 0 Å². The van der Waals surface area contributed by atoms with E-state index in [4.69, 9.17) is 8.83 Å². The Balaban J connectivity index is 1.62. The summed E-state index contributed by atoms with van der Waals surface area (Å²) in [5.74, 6) is 0.169. The van der Waals surface area contributed by atoms with Crippen LogP contribution in [-0.2, 0) is 11.2 Å². The number of carbonyl (C=O) groups is 1. The van der Waals surface area contributed by atoms with Gasteiger partial charge in [0.25, 0.3) is 11.6 Å². The molecule has 0 atom stereocenters. The molecule has 9 nitrogen and oxygen atoms in total. The van der Waals surface area contributed by atoms with Gasteiger partial charge in [-0.2, -0.15) is 0 Å². The summed E-state index contributed by atoms with van der Waals surface area (Å²) in [6.07, 6.45) is 1.49.